The van der Waals surface area contributed by atoms with E-state index in [1.54, 1.807) is 0 Å². The molecule has 2 radical (unpaired) electrons. The largest absolute Gasteiger partial charge is 0.407 e. The third-order valence-electron chi connectivity index (χ3n) is 9.53. The van der Waals surface area contributed by atoms with Gasteiger partial charge in [0.2, 0.25) is 0 Å². The quantitative estimate of drug-likeness (QED) is 0.155. The van der Waals surface area contributed by atoms with Crippen molar-refractivity contribution in [2.45, 2.75) is 43.5 Å². The molecule has 0 aliphatic rings. The minimum atomic E-state index is -1.66. The van der Waals surface area contributed by atoms with Crippen LogP contribution in [0.4, 0.5) is 0 Å². The molecule has 6 rings (SSSR count). The summed E-state index contributed by atoms with van der Waals surface area (Å²) in [6.07, 6.45) is 4.66. The van der Waals surface area contributed by atoms with Crippen molar-refractivity contribution in [1.29, 1.82) is 0 Å². The van der Waals surface area contributed by atoms with E-state index in [0.29, 0.717) is 0 Å². The molecule has 1 aromatic heterocycles. The van der Waals surface area contributed by atoms with Crippen molar-refractivity contribution in [2.75, 3.05) is 41.5 Å². The molecular formula is C37H43BNO2PS2. The second-order valence-electron chi connectivity index (χ2n) is 12.0. The Hall–Kier alpha value is -2.76. The highest BCUT2D eigenvalue weighted by atomic mass is 32.3. The number of rotatable bonds is 8. The van der Waals surface area contributed by atoms with Gasteiger partial charge in [0.25, 0.3) is 0 Å². The fourth-order valence-electron chi connectivity index (χ4n) is 6.06. The van der Waals surface area contributed by atoms with E-state index in [0.717, 1.165) is 44.1 Å². The van der Waals surface area contributed by atoms with Crippen molar-refractivity contribution < 1.29 is 8.39 Å². The topological polar surface area (TPSA) is 29.5 Å². The van der Waals surface area contributed by atoms with Crippen LogP contribution in [0.2, 0.25) is 0 Å². The summed E-state index contributed by atoms with van der Waals surface area (Å²) in [4.78, 5) is 2.43. The Morgan fingerprint density at radius 2 is 1.18 bits per heavy atom. The summed E-state index contributed by atoms with van der Waals surface area (Å²) < 4.78 is 16.9. The molecule has 0 amide bonds. The van der Waals surface area contributed by atoms with E-state index in [1.165, 1.54) is 32.0 Å². The Morgan fingerprint density at radius 1 is 0.705 bits per heavy atom. The van der Waals surface area contributed by atoms with Crippen LogP contribution in [0.5, 0.6) is 0 Å². The van der Waals surface area contributed by atoms with E-state index in [-0.39, 0.29) is 6.04 Å². The lowest BCUT2D eigenvalue weighted by Crippen LogP contribution is -2.18. The average Bonchev–Trinajstić information content (AvgIpc) is 3.25. The summed E-state index contributed by atoms with van der Waals surface area (Å²) in [7, 11) is 4.97. The lowest BCUT2D eigenvalue weighted by atomic mass is 9.98. The first kappa shape index (κ1) is 31.2. The Labute approximate surface area is 267 Å². The molecule has 0 aliphatic heterocycles. The second kappa shape index (κ2) is 12.2. The third-order valence-corrected chi connectivity index (χ3v) is 17.5. The van der Waals surface area contributed by atoms with Crippen molar-refractivity contribution in [3.05, 3.63) is 96.6 Å². The molecule has 0 fully saturated rings. The van der Waals surface area contributed by atoms with E-state index < -0.39 is 28.1 Å². The van der Waals surface area contributed by atoms with E-state index in [9.17, 15) is 0 Å². The van der Waals surface area contributed by atoms with Gasteiger partial charge in [0.15, 0.2) is 11.2 Å². The monoisotopic (exact) mass is 639 g/mol. The summed E-state index contributed by atoms with van der Waals surface area (Å²) in [6.45, 7) is 9.07. The zero-order valence-corrected chi connectivity index (χ0v) is 29.5. The van der Waals surface area contributed by atoms with Crippen LogP contribution in [-0.4, -0.2) is 43.9 Å². The smallest absolute Gasteiger partial charge is 0.310 e. The molecule has 0 bridgehead atoms. The van der Waals surface area contributed by atoms with Gasteiger partial charge in [-0.25, -0.2) is 10.0 Å². The number of hydrogen-bond donors (Lipinski definition) is 0. The lowest BCUT2D eigenvalue weighted by Gasteiger charge is -2.34. The maximum atomic E-state index is 7.34. The molecule has 0 aliphatic carbocycles. The van der Waals surface area contributed by atoms with Gasteiger partial charge in [-0.05, 0) is 75.9 Å². The van der Waals surface area contributed by atoms with Gasteiger partial charge in [-0.15, -0.1) is 0 Å². The fraction of sp³-hybridized carbons (Fsp3) is 0.297. The van der Waals surface area contributed by atoms with Crippen molar-refractivity contribution in [3.8, 4) is 0 Å². The molecule has 6 aromatic rings. The number of benzene rings is 5. The Bertz CT molecular complexity index is 2020. The number of fused-ring (bicyclic) bond motifs is 7. The van der Waals surface area contributed by atoms with Gasteiger partial charge in [-0.2, -0.15) is 4.67 Å². The van der Waals surface area contributed by atoms with Gasteiger partial charge in [0, 0.05) is 33.7 Å². The van der Waals surface area contributed by atoms with Crippen molar-refractivity contribution in [3.63, 3.8) is 0 Å². The number of nitrogens with zero attached hydrogens (tertiary/aromatic N) is 1. The second-order valence-corrected chi connectivity index (χ2v) is 20.9. The van der Waals surface area contributed by atoms with Crippen LogP contribution in [0, 0.1) is 0 Å². The molecule has 3 nitrogen and oxygen atoms in total. The third kappa shape index (κ3) is 5.28. The van der Waals surface area contributed by atoms with Crippen LogP contribution in [-0.2, 0) is 0 Å². The molecular weight excluding hydrogens is 596 g/mol. The summed E-state index contributed by atoms with van der Waals surface area (Å²) >= 11 is 0. The molecule has 0 N–H and O–H groups in total. The van der Waals surface area contributed by atoms with E-state index in [1.807, 2.05) is 0 Å². The van der Waals surface area contributed by atoms with Crippen LogP contribution < -0.4 is 4.67 Å². The maximum Gasteiger partial charge on any atom is 0.310 e. The normalized spacial score (nSPS) is 16.0. The minimum absolute atomic E-state index is 0.0824. The highest BCUT2D eigenvalue weighted by molar-refractivity contribution is 8.49. The first-order valence-corrected chi connectivity index (χ1v) is 21.2. The Balaban J connectivity index is 1.92. The van der Waals surface area contributed by atoms with Gasteiger partial charge >= 0.3 is 8.16 Å². The van der Waals surface area contributed by atoms with Crippen LogP contribution in [0.15, 0.2) is 109 Å². The lowest BCUT2D eigenvalue weighted by molar-refractivity contribution is 0.606. The maximum absolute atomic E-state index is 7.34. The van der Waals surface area contributed by atoms with Crippen molar-refractivity contribution in [2.24, 2.45) is 0 Å². The van der Waals surface area contributed by atoms with Crippen LogP contribution >= 0.6 is 28.1 Å². The van der Waals surface area contributed by atoms with Gasteiger partial charge in [-0.3, -0.25) is 9.88 Å². The first-order valence-electron chi connectivity index (χ1n) is 15.5. The average molecular weight is 640 g/mol. The molecule has 7 heteroatoms. The van der Waals surface area contributed by atoms with Crippen LogP contribution in [0.25, 0.3) is 43.5 Å². The summed E-state index contributed by atoms with van der Waals surface area (Å²) in [6, 6.07) is 32.9. The standard InChI is InChI=1S/C37H43BNO2PS2/c1-8-43(6,9-2)32-24-28-20-14-16-22-30(28)34-35-31-23-17-15-21-29(31)25-33(44(7,38)10-3)37(35)41-42(40-36(32)34)39(5)26(4)27-18-12-11-13-19-27/h11-26H,8-10H2,1-7H3/t26-,42?/m0/s1. The van der Waals surface area contributed by atoms with Gasteiger partial charge in [-0.1, -0.05) is 99.6 Å². The van der Waals surface area contributed by atoms with Crippen molar-refractivity contribution >= 4 is 78.7 Å². The molecule has 5 aromatic carbocycles. The minimum Gasteiger partial charge on any atom is -0.407 e. The van der Waals surface area contributed by atoms with Crippen LogP contribution in [0.3, 0.4) is 0 Å². The van der Waals surface area contributed by atoms with Gasteiger partial charge in [0.05, 0.1) is 0 Å². The predicted octanol–water partition coefficient (Wildman–Crippen LogP) is 11.7. The SMILES string of the molecule is [B]S(C)(CC)c1cc2ccccc2c2c1op(N(C)[C@@H](C)c1ccccc1)oc1c(S(C)(CC)CC)cc3ccccc3c12. The molecule has 0 saturated heterocycles. The fourth-order valence-corrected chi connectivity index (χ4v) is 10.9. The van der Waals surface area contributed by atoms with E-state index in [2.05, 4.69) is 143 Å². The molecule has 0 spiro atoms. The first-order chi connectivity index (χ1) is 21.1. The predicted molar refractivity (Wildman–Crippen MR) is 201 cm³/mol. The summed E-state index contributed by atoms with van der Waals surface area (Å²) in [5.74, 6) is 3.03. The molecule has 0 saturated carbocycles. The molecule has 3 atom stereocenters. The highest BCUT2D eigenvalue weighted by Crippen LogP contribution is 2.59. The van der Waals surface area contributed by atoms with Gasteiger partial charge < -0.3 is 8.39 Å². The Kier molecular flexibility index (Phi) is 8.67. The van der Waals surface area contributed by atoms with Crippen LogP contribution in [0.1, 0.15) is 39.3 Å². The number of hydrogen-bond acceptors (Lipinski definition) is 3. The van der Waals surface area contributed by atoms with E-state index in [4.69, 9.17) is 15.5 Å². The zero-order valence-electron chi connectivity index (χ0n) is 27.0. The summed E-state index contributed by atoms with van der Waals surface area (Å²) in [5.41, 5.74) is 3.09. The Morgan fingerprint density at radius 3 is 1.70 bits per heavy atom. The zero-order chi connectivity index (χ0) is 31.2. The van der Waals surface area contributed by atoms with E-state index >= 15 is 0 Å². The molecule has 228 valence electrons. The van der Waals surface area contributed by atoms with Gasteiger partial charge in [0.1, 0.15) is 7.12 Å². The summed E-state index contributed by atoms with van der Waals surface area (Å²) in [5, 5.41) is 7.04. The van der Waals surface area contributed by atoms with Crippen molar-refractivity contribution in [1.82, 2.24) is 0 Å². The highest BCUT2D eigenvalue weighted by Gasteiger charge is 2.28. The molecule has 2 unspecified atom stereocenters. The molecule has 1 heterocycles. The molecule has 44 heavy (non-hydrogen) atoms.